The summed E-state index contributed by atoms with van der Waals surface area (Å²) in [6, 6.07) is 13.1. The van der Waals surface area contributed by atoms with Gasteiger partial charge in [-0.25, -0.2) is 4.68 Å². The van der Waals surface area contributed by atoms with Crippen molar-refractivity contribution in [3.63, 3.8) is 0 Å². The van der Waals surface area contributed by atoms with Crippen molar-refractivity contribution < 1.29 is 14.3 Å². The van der Waals surface area contributed by atoms with Gasteiger partial charge in [-0.15, -0.1) is 0 Å². The van der Waals surface area contributed by atoms with Crippen LogP contribution in [0.1, 0.15) is 29.2 Å². The summed E-state index contributed by atoms with van der Waals surface area (Å²) in [5, 5.41) is 2.89. The smallest absolute Gasteiger partial charge is 0.275 e. The molecule has 1 atom stereocenters. The Morgan fingerprint density at radius 3 is 2.34 bits per heavy atom. The highest BCUT2D eigenvalue weighted by molar-refractivity contribution is 5.96. The predicted molar refractivity (Wildman–Crippen MR) is 110 cm³/mol. The van der Waals surface area contributed by atoms with E-state index in [1.54, 1.807) is 25.0 Å². The highest BCUT2D eigenvalue weighted by Gasteiger charge is 2.33. The summed E-state index contributed by atoms with van der Waals surface area (Å²) < 4.78 is 14.3. The van der Waals surface area contributed by atoms with E-state index in [9.17, 15) is 9.59 Å². The minimum absolute atomic E-state index is 0.128. The Morgan fingerprint density at radius 1 is 1.03 bits per heavy atom. The van der Waals surface area contributed by atoms with Gasteiger partial charge in [0.2, 0.25) is 5.91 Å². The molecule has 3 aromatic rings. The molecule has 4 rings (SSSR count). The second-order valence-electron chi connectivity index (χ2n) is 7.07. The van der Waals surface area contributed by atoms with E-state index in [1.807, 2.05) is 55.1 Å². The normalized spacial score (nSPS) is 15.6. The molecule has 0 aliphatic carbocycles. The van der Waals surface area contributed by atoms with Gasteiger partial charge in [-0.2, -0.15) is 0 Å². The zero-order chi connectivity index (χ0) is 20.7. The summed E-state index contributed by atoms with van der Waals surface area (Å²) in [6.45, 7) is 1.91. The lowest BCUT2D eigenvalue weighted by atomic mass is 9.84. The van der Waals surface area contributed by atoms with E-state index in [-0.39, 0.29) is 23.8 Å². The maximum absolute atomic E-state index is 13.5. The molecule has 2 aromatic carbocycles. The van der Waals surface area contributed by atoms with Crippen molar-refractivity contribution >= 4 is 11.6 Å². The summed E-state index contributed by atoms with van der Waals surface area (Å²) in [7, 11) is 4.97. The Kier molecular flexibility index (Phi) is 4.66. The highest BCUT2D eigenvalue weighted by Crippen LogP contribution is 2.43. The number of amides is 1. The molecule has 0 fully saturated rings. The van der Waals surface area contributed by atoms with E-state index in [4.69, 9.17) is 9.47 Å². The molecule has 1 N–H and O–H groups in total. The Balaban J connectivity index is 1.93. The average Bonchev–Trinajstić information content (AvgIpc) is 2.95. The largest absolute Gasteiger partial charge is 0.493 e. The van der Waals surface area contributed by atoms with Gasteiger partial charge in [0, 0.05) is 42.4 Å². The number of rotatable bonds is 4. The van der Waals surface area contributed by atoms with Gasteiger partial charge in [0.15, 0.2) is 11.5 Å². The second kappa shape index (κ2) is 7.16. The van der Waals surface area contributed by atoms with Crippen LogP contribution in [0.5, 0.6) is 11.5 Å². The van der Waals surface area contributed by atoms with Gasteiger partial charge in [-0.3, -0.25) is 14.3 Å². The van der Waals surface area contributed by atoms with Crippen molar-refractivity contribution in [3.05, 3.63) is 69.6 Å². The predicted octanol–water partition coefficient (Wildman–Crippen LogP) is 2.98. The Bertz CT molecular complexity index is 1150. The molecule has 1 amide bonds. The van der Waals surface area contributed by atoms with Crippen molar-refractivity contribution in [3.8, 4) is 17.2 Å². The number of benzene rings is 2. The van der Waals surface area contributed by atoms with Crippen LogP contribution in [0.3, 0.4) is 0 Å². The van der Waals surface area contributed by atoms with Crippen molar-refractivity contribution in [1.29, 1.82) is 0 Å². The Hall–Kier alpha value is -3.48. The number of anilines is 1. The van der Waals surface area contributed by atoms with Gasteiger partial charge in [-0.05, 0) is 30.7 Å². The molecule has 1 unspecified atom stereocenters. The number of para-hydroxylation sites is 1. The molecule has 2 heterocycles. The second-order valence-corrected chi connectivity index (χ2v) is 7.07. The lowest BCUT2D eigenvalue weighted by Gasteiger charge is -2.26. The van der Waals surface area contributed by atoms with Crippen LogP contribution in [-0.2, 0) is 11.8 Å². The molecule has 0 radical (unpaired) electrons. The first-order valence-electron chi connectivity index (χ1n) is 9.36. The third-order valence-corrected chi connectivity index (χ3v) is 5.54. The van der Waals surface area contributed by atoms with E-state index in [0.29, 0.717) is 22.7 Å². The topological polar surface area (TPSA) is 74.5 Å². The van der Waals surface area contributed by atoms with Crippen LogP contribution in [0.15, 0.2) is 47.3 Å². The standard InChI is InChI=1S/C22H23N3O4/c1-13-21(22(27)25(24(13)2)14-8-6-5-7-9-14)16-11-20(26)23-17-12-19(29-4)18(28-3)10-15(16)17/h5-10,12,16H,11H2,1-4H3,(H,23,26). The molecular formula is C22H23N3O4. The first-order valence-corrected chi connectivity index (χ1v) is 9.36. The van der Waals surface area contributed by atoms with Crippen LogP contribution in [0.4, 0.5) is 5.69 Å². The summed E-state index contributed by atoms with van der Waals surface area (Å²) in [5.41, 5.74) is 3.56. The van der Waals surface area contributed by atoms with Crippen molar-refractivity contribution in [2.75, 3.05) is 19.5 Å². The number of methoxy groups -OCH3 is 2. The minimum atomic E-state index is -0.373. The van der Waals surface area contributed by atoms with Gasteiger partial charge in [-0.1, -0.05) is 18.2 Å². The average molecular weight is 393 g/mol. The van der Waals surface area contributed by atoms with Crippen LogP contribution in [-0.4, -0.2) is 29.5 Å². The van der Waals surface area contributed by atoms with Crippen molar-refractivity contribution in [2.24, 2.45) is 7.05 Å². The molecule has 29 heavy (non-hydrogen) atoms. The first kappa shape index (κ1) is 18.9. The van der Waals surface area contributed by atoms with Gasteiger partial charge in [0.25, 0.3) is 5.56 Å². The van der Waals surface area contributed by atoms with Crippen molar-refractivity contribution in [2.45, 2.75) is 19.3 Å². The molecular weight excluding hydrogens is 370 g/mol. The number of carbonyl (C=O) groups is 1. The van der Waals surface area contributed by atoms with E-state index >= 15 is 0 Å². The zero-order valence-corrected chi connectivity index (χ0v) is 16.9. The number of ether oxygens (including phenoxy) is 2. The SMILES string of the molecule is COc1cc2c(cc1OC)C(c1c(C)n(C)n(-c3ccccc3)c1=O)CC(=O)N2. The van der Waals surface area contributed by atoms with Crippen LogP contribution < -0.4 is 20.3 Å². The number of aromatic nitrogens is 2. The van der Waals surface area contributed by atoms with Gasteiger partial charge in [0.05, 0.1) is 19.9 Å². The van der Waals surface area contributed by atoms with Crippen LogP contribution in [0.2, 0.25) is 0 Å². The molecule has 1 aliphatic rings. The lowest BCUT2D eigenvalue weighted by molar-refractivity contribution is -0.116. The van der Waals surface area contributed by atoms with Gasteiger partial charge in [0.1, 0.15) is 0 Å². The molecule has 0 spiro atoms. The van der Waals surface area contributed by atoms with Crippen molar-refractivity contribution in [1.82, 2.24) is 9.36 Å². The summed E-state index contributed by atoms with van der Waals surface area (Å²) >= 11 is 0. The molecule has 150 valence electrons. The molecule has 7 nitrogen and oxygen atoms in total. The Labute approximate surface area is 168 Å². The van der Waals surface area contributed by atoms with Gasteiger partial charge >= 0.3 is 0 Å². The third kappa shape index (κ3) is 2.99. The van der Waals surface area contributed by atoms with E-state index in [2.05, 4.69) is 5.32 Å². The van der Waals surface area contributed by atoms with Gasteiger partial charge < -0.3 is 14.8 Å². The van der Waals surface area contributed by atoms with E-state index in [1.165, 1.54) is 0 Å². The monoisotopic (exact) mass is 393 g/mol. The lowest BCUT2D eigenvalue weighted by Crippen LogP contribution is -2.28. The maximum Gasteiger partial charge on any atom is 0.275 e. The van der Waals surface area contributed by atoms with E-state index < -0.39 is 0 Å². The molecule has 1 aliphatic heterocycles. The maximum atomic E-state index is 13.5. The fourth-order valence-corrected chi connectivity index (χ4v) is 4.04. The zero-order valence-electron chi connectivity index (χ0n) is 16.9. The van der Waals surface area contributed by atoms with Crippen LogP contribution >= 0.6 is 0 Å². The summed E-state index contributed by atoms with van der Waals surface area (Å²) in [4.78, 5) is 25.9. The molecule has 1 aromatic heterocycles. The molecule has 7 heteroatoms. The van der Waals surface area contributed by atoms with Crippen LogP contribution in [0, 0.1) is 6.92 Å². The summed E-state index contributed by atoms with van der Waals surface area (Å²) in [5.74, 6) is 0.578. The highest BCUT2D eigenvalue weighted by atomic mass is 16.5. The first-order chi connectivity index (χ1) is 14.0. The van der Waals surface area contributed by atoms with E-state index in [0.717, 1.165) is 16.9 Å². The fourth-order valence-electron chi connectivity index (χ4n) is 4.04. The molecule has 0 saturated carbocycles. The molecule has 0 saturated heterocycles. The Morgan fingerprint density at radius 2 is 1.69 bits per heavy atom. The third-order valence-electron chi connectivity index (χ3n) is 5.54. The number of nitrogens with zero attached hydrogens (tertiary/aromatic N) is 2. The fraction of sp³-hybridized carbons (Fsp3) is 0.273. The number of hydrogen-bond acceptors (Lipinski definition) is 4. The quantitative estimate of drug-likeness (QED) is 0.740. The number of nitrogens with one attached hydrogen (secondary N) is 1. The van der Waals surface area contributed by atoms with Crippen LogP contribution in [0.25, 0.3) is 5.69 Å². The summed E-state index contributed by atoms with van der Waals surface area (Å²) in [6.07, 6.45) is 0.192. The minimum Gasteiger partial charge on any atom is -0.493 e. The number of fused-ring (bicyclic) bond motifs is 1. The number of carbonyl (C=O) groups excluding carboxylic acids is 1. The number of hydrogen-bond donors (Lipinski definition) is 1. The molecule has 0 bridgehead atoms.